The number of rotatable bonds is 6. The molecule has 1 saturated heterocycles. The van der Waals surface area contributed by atoms with Crippen LogP contribution in [0.25, 0.3) is 6.08 Å². The maximum Gasteiger partial charge on any atom is 0.185 e. The van der Waals surface area contributed by atoms with Crippen LogP contribution in [0.2, 0.25) is 0 Å². The van der Waals surface area contributed by atoms with Crippen molar-refractivity contribution in [3.63, 3.8) is 0 Å². The third-order valence-corrected chi connectivity index (χ3v) is 3.20. The molecule has 0 saturated carbocycles. The van der Waals surface area contributed by atoms with Gasteiger partial charge in [0.15, 0.2) is 5.78 Å². The first kappa shape index (κ1) is 13.6. The molecule has 106 valence electrons. The van der Waals surface area contributed by atoms with Crippen molar-refractivity contribution >= 4 is 11.9 Å². The SMILES string of the molecule is O=C(/C=C/c1ccccc1)c1ccc(OCC2CO2)cc1. The molecule has 0 bridgehead atoms. The first-order valence-corrected chi connectivity index (χ1v) is 6.93. The summed E-state index contributed by atoms with van der Waals surface area (Å²) in [5.41, 5.74) is 1.66. The molecule has 1 aliphatic heterocycles. The van der Waals surface area contributed by atoms with E-state index < -0.39 is 0 Å². The van der Waals surface area contributed by atoms with Gasteiger partial charge in [-0.3, -0.25) is 4.79 Å². The number of carbonyl (C=O) groups is 1. The Morgan fingerprint density at radius 1 is 1.14 bits per heavy atom. The van der Waals surface area contributed by atoms with Crippen LogP contribution in [-0.4, -0.2) is 25.1 Å². The smallest absolute Gasteiger partial charge is 0.185 e. The average Bonchev–Trinajstić information content (AvgIpc) is 3.36. The zero-order valence-corrected chi connectivity index (χ0v) is 11.6. The summed E-state index contributed by atoms with van der Waals surface area (Å²) in [5, 5.41) is 0. The molecule has 1 aliphatic rings. The van der Waals surface area contributed by atoms with Gasteiger partial charge in [-0.25, -0.2) is 0 Å². The summed E-state index contributed by atoms with van der Waals surface area (Å²) in [6.07, 6.45) is 3.64. The van der Waals surface area contributed by atoms with E-state index >= 15 is 0 Å². The van der Waals surface area contributed by atoms with E-state index in [1.807, 2.05) is 48.5 Å². The van der Waals surface area contributed by atoms with Crippen molar-refractivity contribution in [1.82, 2.24) is 0 Å². The first-order valence-electron chi connectivity index (χ1n) is 6.93. The lowest BCUT2D eigenvalue weighted by Gasteiger charge is -2.04. The molecular weight excluding hydrogens is 264 g/mol. The second kappa shape index (κ2) is 6.37. The molecule has 3 rings (SSSR count). The second-order valence-corrected chi connectivity index (χ2v) is 4.90. The van der Waals surface area contributed by atoms with Gasteiger partial charge in [0.25, 0.3) is 0 Å². The van der Waals surface area contributed by atoms with Crippen molar-refractivity contribution in [2.45, 2.75) is 6.10 Å². The van der Waals surface area contributed by atoms with E-state index in [9.17, 15) is 4.79 Å². The van der Waals surface area contributed by atoms with Gasteiger partial charge in [-0.15, -0.1) is 0 Å². The highest BCUT2D eigenvalue weighted by Crippen LogP contribution is 2.16. The Kier molecular flexibility index (Phi) is 4.12. The molecule has 3 nitrogen and oxygen atoms in total. The van der Waals surface area contributed by atoms with Gasteiger partial charge < -0.3 is 9.47 Å². The zero-order valence-electron chi connectivity index (χ0n) is 11.6. The van der Waals surface area contributed by atoms with Crippen LogP contribution in [0, 0.1) is 0 Å². The molecular formula is C18H16O3. The summed E-state index contributed by atoms with van der Waals surface area (Å²) in [6.45, 7) is 1.35. The van der Waals surface area contributed by atoms with E-state index in [0.29, 0.717) is 12.2 Å². The predicted octanol–water partition coefficient (Wildman–Crippen LogP) is 3.36. The van der Waals surface area contributed by atoms with Gasteiger partial charge in [-0.1, -0.05) is 36.4 Å². The van der Waals surface area contributed by atoms with Gasteiger partial charge in [0.1, 0.15) is 18.5 Å². The molecule has 0 radical (unpaired) electrons. The maximum atomic E-state index is 12.1. The normalized spacial score (nSPS) is 16.9. The number of carbonyl (C=O) groups excluding carboxylic acids is 1. The Bertz CT molecular complexity index is 625. The first-order chi connectivity index (χ1) is 10.3. The van der Waals surface area contributed by atoms with E-state index in [1.165, 1.54) is 0 Å². The van der Waals surface area contributed by atoms with E-state index in [4.69, 9.17) is 9.47 Å². The third-order valence-electron chi connectivity index (χ3n) is 3.20. The van der Waals surface area contributed by atoms with Gasteiger partial charge in [0.2, 0.25) is 0 Å². The van der Waals surface area contributed by atoms with Crippen molar-refractivity contribution in [1.29, 1.82) is 0 Å². The molecule has 1 atom stereocenters. The summed E-state index contributed by atoms with van der Waals surface area (Å²) < 4.78 is 10.6. The Morgan fingerprint density at radius 2 is 1.86 bits per heavy atom. The number of allylic oxidation sites excluding steroid dienone is 1. The summed E-state index contributed by atoms with van der Waals surface area (Å²) in [7, 11) is 0. The molecule has 2 aromatic rings. The van der Waals surface area contributed by atoms with Gasteiger partial charge in [-0.2, -0.15) is 0 Å². The van der Waals surface area contributed by atoms with Crippen molar-refractivity contribution < 1.29 is 14.3 Å². The highest BCUT2D eigenvalue weighted by Gasteiger charge is 2.22. The lowest BCUT2D eigenvalue weighted by Crippen LogP contribution is -2.04. The minimum absolute atomic E-state index is 0.0177. The molecule has 0 amide bonds. The lowest BCUT2D eigenvalue weighted by molar-refractivity contribution is 0.104. The zero-order chi connectivity index (χ0) is 14.5. The van der Waals surface area contributed by atoms with Crippen LogP contribution in [0.4, 0.5) is 0 Å². The van der Waals surface area contributed by atoms with Crippen molar-refractivity contribution in [2.24, 2.45) is 0 Å². The molecule has 1 heterocycles. The van der Waals surface area contributed by atoms with Crippen LogP contribution in [-0.2, 0) is 4.74 Å². The molecule has 2 aromatic carbocycles. The van der Waals surface area contributed by atoms with E-state index in [1.54, 1.807) is 18.2 Å². The Balaban J connectivity index is 1.60. The Hall–Kier alpha value is -2.39. The monoisotopic (exact) mass is 280 g/mol. The number of benzene rings is 2. The summed E-state index contributed by atoms with van der Waals surface area (Å²) in [5.74, 6) is 0.741. The van der Waals surface area contributed by atoms with Gasteiger partial charge in [-0.05, 0) is 35.9 Å². The Morgan fingerprint density at radius 3 is 2.52 bits per heavy atom. The highest BCUT2D eigenvalue weighted by molar-refractivity contribution is 6.06. The lowest BCUT2D eigenvalue weighted by atomic mass is 10.1. The van der Waals surface area contributed by atoms with Crippen molar-refractivity contribution in [3.8, 4) is 5.75 Å². The standard InChI is InChI=1S/C18H16O3/c19-18(11-6-14-4-2-1-3-5-14)15-7-9-16(10-8-15)20-12-17-13-21-17/h1-11,17H,12-13H2/b11-6+. The van der Waals surface area contributed by atoms with Crippen molar-refractivity contribution in [2.75, 3.05) is 13.2 Å². The average molecular weight is 280 g/mol. The van der Waals surface area contributed by atoms with Crippen molar-refractivity contribution in [3.05, 3.63) is 71.8 Å². The van der Waals surface area contributed by atoms with E-state index in [0.717, 1.165) is 17.9 Å². The summed E-state index contributed by atoms with van der Waals surface area (Å²) in [4.78, 5) is 12.1. The fourth-order valence-electron chi connectivity index (χ4n) is 1.90. The van der Waals surface area contributed by atoms with Crippen LogP contribution < -0.4 is 4.74 Å². The fraction of sp³-hybridized carbons (Fsp3) is 0.167. The maximum absolute atomic E-state index is 12.1. The molecule has 1 unspecified atom stereocenters. The summed E-state index contributed by atoms with van der Waals surface area (Å²) >= 11 is 0. The van der Waals surface area contributed by atoms with Crippen LogP contribution in [0.5, 0.6) is 5.75 Å². The number of ketones is 1. The highest BCUT2D eigenvalue weighted by atomic mass is 16.6. The second-order valence-electron chi connectivity index (χ2n) is 4.90. The number of hydrogen-bond acceptors (Lipinski definition) is 3. The Labute approximate surface area is 123 Å². The van der Waals surface area contributed by atoms with Crippen LogP contribution in [0.1, 0.15) is 15.9 Å². The molecule has 0 aromatic heterocycles. The number of hydrogen-bond donors (Lipinski definition) is 0. The van der Waals surface area contributed by atoms with Gasteiger partial charge >= 0.3 is 0 Å². The molecule has 0 aliphatic carbocycles. The topological polar surface area (TPSA) is 38.8 Å². The predicted molar refractivity (Wildman–Crippen MR) is 81.5 cm³/mol. The summed E-state index contributed by atoms with van der Waals surface area (Å²) in [6, 6.07) is 16.9. The van der Waals surface area contributed by atoms with E-state index in [-0.39, 0.29) is 11.9 Å². The van der Waals surface area contributed by atoms with Gasteiger partial charge in [0, 0.05) is 5.56 Å². The quantitative estimate of drug-likeness (QED) is 0.462. The van der Waals surface area contributed by atoms with Crippen LogP contribution >= 0.6 is 0 Å². The minimum Gasteiger partial charge on any atom is -0.491 e. The number of epoxide rings is 1. The van der Waals surface area contributed by atoms with Crippen LogP contribution in [0.15, 0.2) is 60.7 Å². The van der Waals surface area contributed by atoms with Gasteiger partial charge in [0.05, 0.1) is 6.61 Å². The molecule has 3 heteroatoms. The molecule has 0 spiro atoms. The fourth-order valence-corrected chi connectivity index (χ4v) is 1.90. The number of ether oxygens (including phenoxy) is 2. The largest absolute Gasteiger partial charge is 0.491 e. The molecule has 1 fully saturated rings. The third kappa shape index (κ3) is 4.04. The molecule has 21 heavy (non-hydrogen) atoms. The molecule has 0 N–H and O–H groups in total. The minimum atomic E-state index is -0.0177. The van der Waals surface area contributed by atoms with E-state index in [2.05, 4.69) is 0 Å². The van der Waals surface area contributed by atoms with Crippen LogP contribution in [0.3, 0.4) is 0 Å².